The van der Waals surface area contributed by atoms with Gasteiger partial charge in [-0.25, -0.2) is 13.1 Å². The monoisotopic (exact) mass is 428 g/mol. The first-order valence-electron chi connectivity index (χ1n) is 7.04. The molecule has 128 valence electrons. The molecular weight excluding hydrogens is 412 g/mol. The third-order valence-corrected chi connectivity index (χ3v) is 6.24. The Morgan fingerprint density at radius 3 is 2.62 bits per heavy atom. The summed E-state index contributed by atoms with van der Waals surface area (Å²) in [5.41, 5.74) is 1.07. The zero-order valence-electron chi connectivity index (χ0n) is 13.2. The number of hydrogen-bond acceptors (Lipinski definition) is 4. The summed E-state index contributed by atoms with van der Waals surface area (Å²) in [5, 5.41) is 2.73. The lowest BCUT2D eigenvalue weighted by Gasteiger charge is -2.10. The lowest BCUT2D eigenvalue weighted by molar-refractivity contribution is -0.113. The largest absolute Gasteiger partial charge is 0.325 e. The molecule has 5 nitrogen and oxygen atoms in total. The number of rotatable bonds is 6. The first kappa shape index (κ1) is 19.0. The van der Waals surface area contributed by atoms with Gasteiger partial charge in [0.1, 0.15) is 0 Å². The van der Waals surface area contributed by atoms with Crippen molar-refractivity contribution in [1.82, 2.24) is 4.72 Å². The molecule has 0 spiro atoms. The third-order valence-electron chi connectivity index (χ3n) is 3.20. The predicted octanol–water partition coefficient (Wildman–Crippen LogP) is 3.40. The number of benzene rings is 2. The molecule has 0 heterocycles. The van der Waals surface area contributed by atoms with Gasteiger partial charge < -0.3 is 5.32 Å². The van der Waals surface area contributed by atoms with Gasteiger partial charge in [0, 0.05) is 15.1 Å². The van der Waals surface area contributed by atoms with Gasteiger partial charge in [0.2, 0.25) is 15.9 Å². The van der Waals surface area contributed by atoms with E-state index in [1.54, 1.807) is 19.1 Å². The molecule has 0 atom stereocenters. The summed E-state index contributed by atoms with van der Waals surface area (Å²) >= 11 is 4.79. The number of halogens is 1. The highest BCUT2D eigenvalue weighted by atomic mass is 79.9. The van der Waals surface area contributed by atoms with Crippen LogP contribution < -0.4 is 10.0 Å². The number of hydrogen-bond donors (Lipinski definition) is 2. The summed E-state index contributed by atoms with van der Waals surface area (Å²) in [5.74, 6) is 0.0370. The molecule has 0 radical (unpaired) electrons. The Bertz CT molecular complexity index is 854. The Labute approximate surface area is 154 Å². The van der Waals surface area contributed by atoms with Crippen molar-refractivity contribution in [3.63, 3.8) is 0 Å². The van der Waals surface area contributed by atoms with Gasteiger partial charge >= 0.3 is 0 Å². The molecule has 0 unspecified atom stereocenters. The lowest BCUT2D eigenvalue weighted by atomic mass is 10.2. The Hall–Kier alpha value is -1.35. The number of nitrogens with one attached hydrogen (secondary N) is 2. The molecule has 0 aliphatic heterocycles. The minimum atomic E-state index is -3.56. The molecule has 0 saturated heterocycles. The lowest BCUT2D eigenvalue weighted by Crippen LogP contribution is -2.20. The molecule has 0 aliphatic rings. The van der Waals surface area contributed by atoms with E-state index in [4.69, 9.17) is 0 Å². The fraction of sp³-hybridized carbons (Fsp3) is 0.188. The first-order chi connectivity index (χ1) is 11.3. The fourth-order valence-electron chi connectivity index (χ4n) is 1.98. The number of aryl methyl sites for hydroxylation is 1. The van der Waals surface area contributed by atoms with Gasteiger partial charge in [-0.2, -0.15) is 0 Å². The zero-order chi connectivity index (χ0) is 17.7. The maximum Gasteiger partial charge on any atom is 0.240 e. The molecule has 0 aliphatic carbocycles. The van der Waals surface area contributed by atoms with Crippen molar-refractivity contribution < 1.29 is 13.2 Å². The highest BCUT2D eigenvalue weighted by molar-refractivity contribution is 9.10. The van der Waals surface area contributed by atoms with Crippen LogP contribution in [0.4, 0.5) is 5.69 Å². The van der Waals surface area contributed by atoms with E-state index in [-0.39, 0.29) is 16.6 Å². The second-order valence-electron chi connectivity index (χ2n) is 4.98. The van der Waals surface area contributed by atoms with E-state index in [0.717, 1.165) is 9.37 Å². The maximum absolute atomic E-state index is 12.1. The summed E-state index contributed by atoms with van der Waals surface area (Å²) < 4.78 is 27.2. The number of amides is 1. The molecule has 2 rings (SSSR count). The Balaban J connectivity index is 2.05. The Morgan fingerprint density at radius 1 is 1.21 bits per heavy atom. The molecule has 8 heteroatoms. The molecule has 0 saturated carbocycles. The van der Waals surface area contributed by atoms with Crippen molar-refractivity contribution in [2.45, 2.75) is 16.7 Å². The molecule has 2 N–H and O–H groups in total. The quantitative estimate of drug-likeness (QED) is 0.691. The van der Waals surface area contributed by atoms with Crippen molar-refractivity contribution in [3.05, 3.63) is 52.5 Å². The van der Waals surface area contributed by atoms with E-state index in [0.29, 0.717) is 11.3 Å². The van der Waals surface area contributed by atoms with Crippen LogP contribution in [0.5, 0.6) is 0 Å². The van der Waals surface area contributed by atoms with E-state index in [2.05, 4.69) is 26.0 Å². The highest BCUT2D eigenvalue weighted by Gasteiger charge is 2.15. The van der Waals surface area contributed by atoms with Gasteiger partial charge in [0.05, 0.1) is 10.6 Å². The van der Waals surface area contributed by atoms with Crippen LogP contribution in [0.2, 0.25) is 0 Å². The van der Waals surface area contributed by atoms with Crippen LogP contribution in [0, 0.1) is 6.92 Å². The molecular formula is C16H17BrN2O3S2. The second kappa shape index (κ2) is 8.15. The first-order valence-corrected chi connectivity index (χ1v) is 10.3. The molecule has 2 aromatic rings. The molecule has 0 aromatic heterocycles. The van der Waals surface area contributed by atoms with Crippen molar-refractivity contribution in [3.8, 4) is 0 Å². The number of carbonyl (C=O) groups excluding carboxylic acids is 1. The summed E-state index contributed by atoms with van der Waals surface area (Å²) in [7, 11) is -2.20. The highest BCUT2D eigenvalue weighted by Crippen LogP contribution is 2.23. The van der Waals surface area contributed by atoms with Crippen LogP contribution in [0.3, 0.4) is 0 Å². The van der Waals surface area contributed by atoms with Gasteiger partial charge in [0.25, 0.3) is 0 Å². The van der Waals surface area contributed by atoms with Gasteiger partial charge in [-0.1, -0.05) is 28.1 Å². The average Bonchev–Trinajstić information content (AvgIpc) is 2.54. The normalized spacial score (nSPS) is 11.3. The molecule has 1 amide bonds. The van der Waals surface area contributed by atoms with Crippen LogP contribution in [0.15, 0.2) is 56.7 Å². The van der Waals surface area contributed by atoms with Gasteiger partial charge in [0.15, 0.2) is 0 Å². The Morgan fingerprint density at radius 2 is 1.96 bits per heavy atom. The van der Waals surface area contributed by atoms with Gasteiger partial charge in [-0.05, 0) is 49.9 Å². The van der Waals surface area contributed by atoms with E-state index in [1.165, 1.54) is 24.9 Å². The van der Waals surface area contributed by atoms with Gasteiger partial charge in [-0.3, -0.25) is 4.79 Å². The number of carbonyl (C=O) groups is 1. The predicted molar refractivity (Wildman–Crippen MR) is 101 cm³/mol. The molecule has 24 heavy (non-hydrogen) atoms. The van der Waals surface area contributed by atoms with Gasteiger partial charge in [-0.15, -0.1) is 11.8 Å². The van der Waals surface area contributed by atoms with Crippen molar-refractivity contribution in [2.75, 3.05) is 18.1 Å². The summed E-state index contributed by atoms with van der Waals surface area (Å²) in [6, 6.07) is 12.5. The van der Waals surface area contributed by atoms with Crippen molar-refractivity contribution >= 4 is 49.3 Å². The van der Waals surface area contributed by atoms with E-state index < -0.39 is 10.0 Å². The fourth-order valence-corrected chi connectivity index (χ4v) is 4.28. The average molecular weight is 429 g/mol. The van der Waals surface area contributed by atoms with E-state index in [1.807, 2.05) is 24.3 Å². The SMILES string of the molecule is CNS(=O)(=O)c1cc(NC(=O)CSc2cccc(Br)c2)ccc1C. The smallest absolute Gasteiger partial charge is 0.240 e. The van der Waals surface area contributed by atoms with Crippen LogP contribution >= 0.6 is 27.7 Å². The Kier molecular flexibility index (Phi) is 6.45. The van der Waals surface area contributed by atoms with Crippen molar-refractivity contribution in [2.24, 2.45) is 0 Å². The van der Waals surface area contributed by atoms with Crippen LogP contribution in [-0.4, -0.2) is 27.1 Å². The minimum Gasteiger partial charge on any atom is -0.325 e. The van der Waals surface area contributed by atoms with Crippen LogP contribution in [-0.2, 0) is 14.8 Å². The van der Waals surface area contributed by atoms with Crippen LogP contribution in [0.1, 0.15) is 5.56 Å². The zero-order valence-corrected chi connectivity index (χ0v) is 16.4. The second-order valence-corrected chi connectivity index (χ2v) is 8.80. The van der Waals surface area contributed by atoms with Crippen molar-refractivity contribution in [1.29, 1.82) is 0 Å². The topological polar surface area (TPSA) is 75.3 Å². The number of anilines is 1. The van der Waals surface area contributed by atoms with Crippen LogP contribution in [0.25, 0.3) is 0 Å². The third kappa shape index (κ3) is 5.07. The summed E-state index contributed by atoms with van der Waals surface area (Å²) in [6.07, 6.45) is 0. The number of sulfonamides is 1. The standard InChI is InChI=1S/C16H17BrN2O3S2/c1-11-6-7-13(9-15(11)24(21,22)18-2)19-16(20)10-23-14-5-3-4-12(17)8-14/h3-9,18H,10H2,1-2H3,(H,19,20). The summed E-state index contributed by atoms with van der Waals surface area (Å²) in [4.78, 5) is 13.2. The maximum atomic E-state index is 12.1. The van der Waals surface area contributed by atoms with E-state index >= 15 is 0 Å². The number of thioether (sulfide) groups is 1. The van der Waals surface area contributed by atoms with E-state index in [9.17, 15) is 13.2 Å². The minimum absolute atomic E-state index is 0.155. The molecule has 0 fully saturated rings. The molecule has 0 bridgehead atoms. The molecule has 2 aromatic carbocycles. The summed E-state index contributed by atoms with van der Waals surface area (Å²) in [6.45, 7) is 1.71.